The van der Waals surface area contributed by atoms with Crippen molar-refractivity contribution in [2.45, 2.75) is 43.9 Å². The maximum absolute atomic E-state index is 12.4. The second-order valence-electron chi connectivity index (χ2n) is 6.43. The molecule has 166 valence electrons. The van der Waals surface area contributed by atoms with Crippen LogP contribution in [0.5, 0.6) is 0 Å². The highest BCUT2D eigenvalue weighted by Crippen LogP contribution is 2.00. The Morgan fingerprint density at radius 3 is 2.20 bits per heavy atom. The molecule has 1 aromatic rings. The standard InChI is InChI=1S/C16H25N7O7/c1-7(16(29)30)21-15(28)11(5-24)23-14(27)10(3-12(18)25)22-13(26)9(17)2-8-4-19-6-20-8/h4,6-7,9-11,24H,2-3,5,17H2,1H3,(H2,18,25)(H,19,20)(H,21,28)(H,22,26)(H,23,27)(H,29,30). The molecule has 1 heterocycles. The first kappa shape index (κ1) is 24.5. The number of aliphatic carboxylic acids is 1. The molecule has 30 heavy (non-hydrogen) atoms. The molecule has 0 aliphatic carbocycles. The van der Waals surface area contributed by atoms with Crippen molar-refractivity contribution in [3.05, 3.63) is 18.2 Å². The van der Waals surface area contributed by atoms with Gasteiger partial charge in [0.2, 0.25) is 23.6 Å². The summed E-state index contributed by atoms with van der Waals surface area (Å²) in [6.07, 6.45) is 2.34. The van der Waals surface area contributed by atoms with Gasteiger partial charge in [-0.25, -0.2) is 4.98 Å². The summed E-state index contributed by atoms with van der Waals surface area (Å²) < 4.78 is 0. The van der Waals surface area contributed by atoms with Crippen LogP contribution in [0.1, 0.15) is 19.0 Å². The minimum Gasteiger partial charge on any atom is -0.480 e. The topological polar surface area (TPSA) is 243 Å². The lowest BCUT2D eigenvalue weighted by Crippen LogP contribution is -2.58. The average molecular weight is 427 g/mol. The molecule has 4 amide bonds. The molecule has 0 aromatic carbocycles. The first-order chi connectivity index (χ1) is 14.0. The molecular weight excluding hydrogens is 402 g/mol. The fourth-order valence-corrected chi connectivity index (χ4v) is 2.26. The van der Waals surface area contributed by atoms with Gasteiger partial charge in [-0.1, -0.05) is 0 Å². The fraction of sp³-hybridized carbons (Fsp3) is 0.500. The predicted octanol–water partition coefficient (Wildman–Crippen LogP) is -4.29. The van der Waals surface area contributed by atoms with E-state index in [9.17, 15) is 29.1 Å². The quantitative estimate of drug-likeness (QED) is 0.161. The second-order valence-corrected chi connectivity index (χ2v) is 6.43. The second kappa shape index (κ2) is 11.5. The maximum Gasteiger partial charge on any atom is 0.325 e. The molecule has 0 aliphatic rings. The lowest BCUT2D eigenvalue weighted by Gasteiger charge is -2.23. The number of carboxylic acid groups (broad SMARTS) is 1. The van der Waals surface area contributed by atoms with Crippen molar-refractivity contribution in [1.82, 2.24) is 25.9 Å². The Hall–Kier alpha value is -3.52. The molecule has 4 atom stereocenters. The van der Waals surface area contributed by atoms with Gasteiger partial charge in [0.25, 0.3) is 0 Å². The van der Waals surface area contributed by atoms with E-state index in [0.29, 0.717) is 5.69 Å². The van der Waals surface area contributed by atoms with Crippen LogP contribution in [-0.4, -0.2) is 80.6 Å². The van der Waals surface area contributed by atoms with Crippen molar-refractivity contribution in [2.24, 2.45) is 11.5 Å². The van der Waals surface area contributed by atoms with Gasteiger partial charge in [-0.3, -0.25) is 24.0 Å². The molecule has 0 saturated heterocycles. The Kier molecular flexibility index (Phi) is 9.38. The Bertz CT molecular complexity index is 768. The van der Waals surface area contributed by atoms with Crippen molar-refractivity contribution in [1.29, 1.82) is 0 Å². The Morgan fingerprint density at radius 1 is 1.10 bits per heavy atom. The van der Waals surface area contributed by atoms with Crippen LogP contribution in [0.2, 0.25) is 0 Å². The van der Waals surface area contributed by atoms with E-state index in [1.165, 1.54) is 19.4 Å². The van der Waals surface area contributed by atoms with E-state index >= 15 is 0 Å². The molecule has 4 unspecified atom stereocenters. The highest BCUT2D eigenvalue weighted by Gasteiger charge is 2.30. The summed E-state index contributed by atoms with van der Waals surface area (Å²) in [6.45, 7) is 0.328. The number of carboxylic acids is 1. The number of aromatic amines is 1. The smallest absolute Gasteiger partial charge is 0.325 e. The van der Waals surface area contributed by atoms with E-state index in [2.05, 4.69) is 25.9 Å². The third-order valence-corrected chi connectivity index (χ3v) is 3.91. The van der Waals surface area contributed by atoms with Crippen molar-refractivity contribution in [3.63, 3.8) is 0 Å². The molecule has 0 radical (unpaired) electrons. The first-order valence-corrected chi connectivity index (χ1v) is 8.81. The molecule has 10 N–H and O–H groups in total. The predicted molar refractivity (Wildman–Crippen MR) is 100 cm³/mol. The summed E-state index contributed by atoms with van der Waals surface area (Å²) in [5.74, 6) is -4.97. The number of carbonyl (C=O) groups excluding carboxylic acids is 4. The van der Waals surface area contributed by atoms with Gasteiger partial charge in [0.15, 0.2) is 0 Å². The number of rotatable bonds is 12. The molecule has 0 bridgehead atoms. The van der Waals surface area contributed by atoms with Gasteiger partial charge in [-0.15, -0.1) is 0 Å². The van der Waals surface area contributed by atoms with Gasteiger partial charge >= 0.3 is 5.97 Å². The number of aliphatic hydroxyl groups excluding tert-OH is 1. The maximum atomic E-state index is 12.4. The summed E-state index contributed by atoms with van der Waals surface area (Å²) >= 11 is 0. The zero-order valence-corrected chi connectivity index (χ0v) is 16.1. The van der Waals surface area contributed by atoms with Crippen LogP contribution >= 0.6 is 0 Å². The minimum absolute atomic E-state index is 0.0749. The number of H-pyrrole nitrogens is 1. The average Bonchev–Trinajstić information content (AvgIpc) is 3.17. The van der Waals surface area contributed by atoms with Crippen molar-refractivity contribution >= 4 is 29.6 Å². The molecule has 0 saturated carbocycles. The summed E-state index contributed by atoms with van der Waals surface area (Å²) in [5, 5.41) is 24.6. The number of aliphatic hydroxyl groups is 1. The summed E-state index contributed by atoms with van der Waals surface area (Å²) in [6, 6.07) is -5.35. The summed E-state index contributed by atoms with van der Waals surface area (Å²) in [5.41, 5.74) is 11.5. The normalized spacial score (nSPS) is 14.6. The molecule has 0 fully saturated rings. The molecular formula is C16H25N7O7. The number of imidazole rings is 1. The number of nitrogens with one attached hydrogen (secondary N) is 4. The third-order valence-electron chi connectivity index (χ3n) is 3.91. The van der Waals surface area contributed by atoms with Crippen molar-refractivity contribution in [3.8, 4) is 0 Å². The van der Waals surface area contributed by atoms with Gasteiger partial charge in [0, 0.05) is 18.3 Å². The number of aromatic nitrogens is 2. The number of carbonyl (C=O) groups is 5. The van der Waals surface area contributed by atoms with E-state index < -0.39 is 66.8 Å². The SMILES string of the molecule is CC(NC(=O)C(CO)NC(=O)C(CC(N)=O)NC(=O)C(N)Cc1cnc[nH]1)C(=O)O. The van der Waals surface area contributed by atoms with Crippen LogP contribution in [0.3, 0.4) is 0 Å². The van der Waals surface area contributed by atoms with Crippen LogP contribution in [0.25, 0.3) is 0 Å². The van der Waals surface area contributed by atoms with E-state index in [-0.39, 0.29) is 6.42 Å². The lowest BCUT2D eigenvalue weighted by atomic mass is 10.1. The van der Waals surface area contributed by atoms with E-state index in [1.54, 1.807) is 0 Å². The van der Waals surface area contributed by atoms with Gasteiger partial charge < -0.3 is 42.6 Å². The van der Waals surface area contributed by atoms with Crippen LogP contribution in [-0.2, 0) is 30.4 Å². The highest BCUT2D eigenvalue weighted by molar-refractivity contribution is 5.96. The number of nitrogens with two attached hydrogens (primary N) is 2. The molecule has 14 heteroatoms. The fourth-order valence-electron chi connectivity index (χ4n) is 2.26. The Labute approximate surface area is 170 Å². The Balaban J connectivity index is 2.78. The van der Waals surface area contributed by atoms with Gasteiger partial charge in [-0.2, -0.15) is 0 Å². The zero-order valence-electron chi connectivity index (χ0n) is 16.1. The minimum atomic E-state index is -1.52. The molecule has 0 spiro atoms. The molecule has 1 aromatic heterocycles. The van der Waals surface area contributed by atoms with Crippen LogP contribution in [0.4, 0.5) is 0 Å². The van der Waals surface area contributed by atoms with Crippen molar-refractivity contribution < 1.29 is 34.2 Å². The summed E-state index contributed by atoms with van der Waals surface area (Å²) in [7, 11) is 0. The van der Waals surface area contributed by atoms with Crippen LogP contribution < -0.4 is 27.4 Å². The highest BCUT2D eigenvalue weighted by atomic mass is 16.4. The van der Waals surface area contributed by atoms with E-state index in [4.69, 9.17) is 16.6 Å². The summed E-state index contributed by atoms with van der Waals surface area (Å²) in [4.78, 5) is 65.4. The van der Waals surface area contributed by atoms with Gasteiger partial charge in [0.1, 0.15) is 18.1 Å². The van der Waals surface area contributed by atoms with Crippen LogP contribution in [0.15, 0.2) is 12.5 Å². The lowest BCUT2D eigenvalue weighted by molar-refractivity contribution is -0.142. The van der Waals surface area contributed by atoms with E-state index in [1.807, 2.05) is 0 Å². The first-order valence-electron chi connectivity index (χ1n) is 8.81. The monoisotopic (exact) mass is 427 g/mol. The van der Waals surface area contributed by atoms with Gasteiger partial charge in [0.05, 0.1) is 25.4 Å². The number of nitrogens with zero attached hydrogens (tertiary/aromatic N) is 1. The number of amides is 4. The zero-order chi connectivity index (χ0) is 22.8. The van der Waals surface area contributed by atoms with Crippen molar-refractivity contribution in [2.75, 3.05) is 6.61 Å². The Morgan fingerprint density at radius 2 is 1.70 bits per heavy atom. The molecule has 1 rings (SSSR count). The molecule has 0 aliphatic heterocycles. The largest absolute Gasteiger partial charge is 0.480 e. The third kappa shape index (κ3) is 7.84. The van der Waals surface area contributed by atoms with Crippen LogP contribution in [0, 0.1) is 0 Å². The number of hydrogen-bond donors (Lipinski definition) is 8. The van der Waals surface area contributed by atoms with Gasteiger partial charge in [-0.05, 0) is 6.92 Å². The number of hydrogen-bond acceptors (Lipinski definition) is 8. The molecule has 14 nitrogen and oxygen atoms in total. The number of primary amides is 1. The van der Waals surface area contributed by atoms with E-state index in [0.717, 1.165) is 0 Å².